The zero-order valence-electron chi connectivity index (χ0n) is 9.58. The van der Waals surface area contributed by atoms with E-state index in [-0.39, 0.29) is 11.5 Å². The normalized spacial score (nSPS) is 11.2. The van der Waals surface area contributed by atoms with E-state index in [2.05, 4.69) is 26.2 Å². The highest BCUT2D eigenvalue weighted by Crippen LogP contribution is 2.08. The Bertz CT molecular complexity index is 363. The van der Waals surface area contributed by atoms with Crippen molar-refractivity contribution >= 4 is 21.8 Å². The second kappa shape index (κ2) is 5.41. The van der Waals surface area contributed by atoms with Crippen LogP contribution in [0.4, 0.5) is 0 Å². The third-order valence-electron chi connectivity index (χ3n) is 2.22. The lowest BCUT2D eigenvalue weighted by atomic mass is 10.1. The number of pyridine rings is 1. The Morgan fingerprint density at radius 3 is 2.75 bits per heavy atom. The fourth-order valence-corrected chi connectivity index (χ4v) is 1.21. The molecule has 0 aliphatic rings. The van der Waals surface area contributed by atoms with E-state index in [1.807, 2.05) is 13.8 Å². The van der Waals surface area contributed by atoms with Crippen molar-refractivity contribution in [2.45, 2.75) is 19.4 Å². The number of rotatable bonds is 4. The molecule has 4 nitrogen and oxygen atoms in total. The van der Waals surface area contributed by atoms with Gasteiger partial charge in [0.1, 0.15) is 4.60 Å². The third-order valence-corrected chi connectivity index (χ3v) is 2.69. The summed E-state index contributed by atoms with van der Waals surface area (Å²) in [6, 6.07) is 3.45. The molecule has 0 saturated carbocycles. The molecule has 0 saturated heterocycles. The molecule has 0 spiro atoms. The van der Waals surface area contributed by atoms with Crippen molar-refractivity contribution in [3.8, 4) is 0 Å². The summed E-state index contributed by atoms with van der Waals surface area (Å²) >= 11 is 3.21. The summed E-state index contributed by atoms with van der Waals surface area (Å²) < 4.78 is 5.91. The van der Waals surface area contributed by atoms with Gasteiger partial charge in [0, 0.05) is 19.9 Å². The van der Waals surface area contributed by atoms with Gasteiger partial charge in [-0.1, -0.05) is 0 Å². The van der Waals surface area contributed by atoms with Crippen LogP contribution in [0, 0.1) is 0 Å². The van der Waals surface area contributed by atoms with Crippen LogP contribution < -0.4 is 5.32 Å². The highest BCUT2D eigenvalue weighted by molar-refractivity contribution is 9.10. The van der Waals surface area contributed by atoms with Crippen LogP contribution in [-0.4, -0.2) is 30.1 Å². The molecule has 88 valence electrons. The van der Waals surface area contributed by atoms with Gasteiger partial charge < -0.3 is 10.1 Å². The fraction of sp³-hybridized carbons (Fsp3) is 0.455. The van der Waals surface area contributed by atoms with E-state index >= 15 is 0 Å². The maximum Gasteiger partial charge on any atom is 0.252 e. The van der Waals surface area contributed by atoms with Crippen LogP contribution in [0.15, 0.2) is 22.9 Å². The van der Waals surface area contributed by atoms with Crippen molar-refractivity contribution in [2.24, 2.45) is 0 Å². The smallest absolute Gasteiger partial charge is 0.252 e. The first-order valence-corrected chi connectivity index (χ1v) is 5.69. The number of amides is 1. The van der Waals surface area contributed by atoms with Crippen molar-refractivity contribution in [3.63, 3.8) is 0 Å². The molecule has 0 aliphatic heterocycles. The van der Waals surface area contributed by atoms with E-state index in [9.17, 15) is 4.79 Å². The highest BCUT2D eigenvalue weighted by atomic mass is 79.9. The van der Waals surface area contributed by atoms with Crippen molar-refractivity contribution in [1.29, 1.82) is 0 Å². The van der Waals surface area contributed by atoms with Crippen LogP contribution in [0.5, 0.6) is 0 Å². The number of carbonyl (C=O) groups excluding carboxylic acids is 1. The number of hydrogen-bond donors (Lipinski definition) is 1. The number of ether oxygens (including phenoxy) is 1. The number of methoxy groups -OCH3 is 1. The van der Waals surface area contributed by atoms with Gasteiger partial charge in [-0.3, -0.25) is 4.79 Å². The van der Waals surface area contributed by atoms with Crippen molar-refractivity contribution in [1.82, 2.24) is 10.3 Å². The Morgan fingerprint density at radius 2 is 2.25 bits per heavy atom. The SMILES string of the molecule is COC(C)(C)CNC(=O)c1ccc(Br)nc1. The molecule has 16 heavy (non-hydrogen) atoms. The summed E-state index contributed by atoms with van der Waals surface area (Å²) in [4.78, 5) is 15.7. The van der Waals surface area contributed by atoms with Gasteiger partial charge >= 0.3 is 0 Å². The monoisotopic (exact) mass is 286 g/mol. The van der Waals surface area contributed by atoms with E-state index in [4.69, 9.17) is 4.74 Å². The first-order chi connectivity index (χ1) is 7.44. The Balaban J connectivity index is 2.56. The molecular formula is C11H15BrN2O2. The zero-order valence-corrected chi connectivity index (χ0v) is 11.2. The molecule has 1 heterocycles. The lowest BCUT2D eigenvalue weighted by Gasteiger charge is -2.22. The van der Waals surface area contributed by atoms with E-state index in [0.717, 1.165) is 0 Å². The first-order valence-electron chi connectivity index (χ1n) is 4.89. The number of aromatic nitrogens is 1. The molecule has 0 aliphatic carbocycles. The van der Waals surface area contributed by atoms with E-state index < -0.39 is 0 Å². The third kappa shape index (κ3) is 3.90. The minimum absolute atomic E-state index is 0.148. The van der Waals surface area contributed by atoms with Gasteiger partial charge in [-0.05, 0) is 41.9 Å². The van der Waals surface area contributed by atoms with Gasteiger partial charge in [-0.25, -0.2) is 4.98 Å². The molecule has 0 radical (unpaired) electrons. The second-order valence-electron chi connectivity index (χ2n) is 4.02. The van der Waals surface area contributed by atoms with Crippen LogP contribution in [0.2, 0.25) is 0 Å². The first kappa shape index (κ1) is 13.1. The molecule has 0 unspecified atom stereocenters. The van der Waals surface area contributed by atoms with Crippen molar-refractivity contribution in [3.05, 3.63) is 28.5 Å². The molecule has 0 bridgehead atoms. The van der Waals surface area contributed by atoms with Crippen LogP contribution in [0.25, 0.3) is 0 Å². The molecule has 1 aromatic rings. The molecule has 5 heteroatoms. The molecule has 0 aromatic carbocycles. The van der Waals surface area contributed by atoms with Gasteiger partial charge in [-0.2, -0.15) is 0 Å². The number of nitrogens with zero attached hydrogens (tertiary/aromatic N) is 1. The van der Waals surface area contributed by atoms with Crippen LogP contribution in [0.3, 0.4) is 0 Å². The van der Waals surface area contributed by atoms with E-state index in [1.165, 1.54) is 6.20 Å². The van der Waals surface area contributed by atoms with Gasteiger partial charge in [0.25, 0.3) is 5.91 Å². The number of nitrogens with one attached hydrogen (secondary N) is 1. The molecule has 0 atom stereocenters. The summed E-state index contributed by atoms with van der Waals surface area (Å²) in [7, 11) is 1.62. The van der Waals surface area contributed by atoms with Gasteiger partial charge in [0.05, 0.1) is 11.2 Å². The summed E-state index contributed by atoms with van der Waals surface area (Å²) in [5, 5.41) is 2.79. The van der Waals surface area contributed by atoms with Gasteiger partial charge in [0.15, 0.2) is 0 Å². The lowest BCUT2D eigenvalue weighted by molar-refractivity contribution is 0.0228. The number of halogens is 1. The highest BCUT2D eigenvalue weighted by Gasteiger charge is 2.17. The predicted molar refractivity (Wildman–Crippen MR) is 65.4 cm³/mol. The Morgan fingerprint density at radius 1 is 1.56 bits per heavy atom. The van der Waals surface area contributed by atoms with Crippen molar-refractivity contribution in [2.75, 3.05) is 13.7 Å². The summed E-state index contributed by atoms with van der Waals surface area (Å²) in [5.41, 5.74) is 0.174. The minimum atomic E-state index is -0.363. The largest absolute Gasteiger partial charge is 0.377 e. The topological polar surface area (TPSA) is 51.2 Å². The maximum atomic E-state index is 11.7. The average Bonchev–Trinajstić information content (AvgIpc) is 2.27. The number of carbonyl (C=O) groups is 1. The van der Waals surface area contributed by atoms with Gasteiger partial charge in [0.2, 0.25) is 0 Å². The Kier molecular flexibility index (Phi) is 4.44. The van der Waals surface area contributed by atoms with Crippen LogP contribution in [-0.2, 0) is 4.74 Å². The fourth-order valence-electron chi connectivity index (χ4n) is 0.978. The van der Waals surface area contributed by atoms with E-state index in [0.29, 0.717) is 16.7 Å². The standard InChI is InChI=1S/C11H15BrN2O2/c1-11(2,16-3)7-14-10(15)8-4-5-9(12)13-6-8/h4-6H,7H2,1-3H3,(H,14,15). The van der Waals surface area contributed by atoms with Crippen LogP contribution in [0.1, 0.15) is 24.2 Å². The number of hydrogen-bond acceptors (Lipinski definition) is 3. The quantitative estimate of drug-likeness (QED) is 0.862. The van der Waals surface area contributed by atoms with Gasteiger partial charge in [-0.15, -0.1) is 0 Å². The second-order valence-corrected chi connectivity index (χ2v) is 4.83. The molecule has 1 aromatic heterocycles. The Labute approximate surface area is 104 Å². The summed E-state index contributed by atoms with van der Waals surface area (Å²) in [6.07, 6.45) is 1.53. The molecule has 1 amide bonds. The molecule has 1 N–H and O–H groups in total. The van der Waals surface area contributed by atoms with Crippen LogP contribution >= 0.6 is 15.9 Å². The molecular weight excluding hydrogens is 272 g/mol. The molecule has 0 fully saturated rings. The Hall–Kier alpha value is -0.940. The van der Waals surface area contributed by atoms with Crippen molar-refractivity contribution < 1.29 is 9.53 Å². The average molecular weight is 287 g/mol. The van der Waals surface area contributed by atoms with E-state index in [1.54, 1.807) is 19.2 Å². The zero-order chi connectivity index (χ0) is 12.2. The maximum absolute atomic E-state index is 11.7. The summed E-state index contributed by atoms with van der Waals surface area (Å²) in [6.45, 7) is 4.28. The predicted octanol–water partition coefficient (Wildman–Crippen LogP) is 2.00. The molecule has 1 rings (SSSR count). The summed E-state index contributed by atoms with van der Waals surface area (Å²) in [5.74, 6) is -0.148. The minimum Gasteiger partial charge on any atom is -0.377 e. The lowest BCUT2D eigenvalue weighted by Crippen LogP contribution is -2.39.